The molecule has 0 saturated heterocycles. The normalized spacial score (nSPS) is 13.5. The number of fused-ring (bicyclic) bond motifs is 1. The van der Waals surface area contributed by atoms with Crippen LogP contribution in [0, 0.1) is 0 Å². The molecule has 2 aromatic carbocycles. The number of pyridine rings is 2. The Morgan fingerprint density at radius 1 is 0.786 bits per heavy atom. The zero-order valence-corrected chi connectivity index (χ0v) is 14.9. The number of benzene rings is 2. The molecular weight excluding hydrogens is 348 g/mol. The molecule has 0 atom stereocenters. The Bertz CT molecular complexity index is 1200. The van der Waals surface area contributed by atoms with E-state index in [0.29, 0.717) is 0 Å². The number of hydrogen-bond donors (Lipinski definition) is 0. The molecule has 133 valence electrons. The van der Waals surface area contributed by atoms with Crippen LogP contribution in [0.2, 0.25) is 0 Å². The second-order valence-electron chi connectivity index (χ2n) is 6.44. The van der Waals surface area contributed by atoms with Crippen LogP contribution in [0.3, 0.4) is 0 Å². The van der Waals surface area contributed by atoms with Crippen LogP contribution in [0.1, 0.15) is 5.56 Å². The van der Waals surface area contributed by atoms with Crippen molar-refractivity contribution in [3.8, 4) is 11.1 Å². The van der Waals surface area contributed by atoms with Crippen molar-refractivity contribution >= 4 is 28.2 Å². The first kappa shape index (κ1) is 16.2. The monoisotopic (exact) mass is 363 g/mol. The standard InChI is InChI=1S/C23H15N4O/c28-23-15-22(27(26-23)18-4-2-1-3-5-18)17-6-7-21-20(14-17)19(10-13-25-21)16-8-11-24-12-9-16/h1-15H. The fraction of sp³-hybridized carbons (Fsp3) is 0. The van der Waals surface area contributed by atoms with Gasteiger partial charge in [-0.05, 0) is 53.6 Å². The van der Waals surface area contributed by atoms with Crippen molar-refractivity contribution in [1.29, 1.82) is 0 Å². The van der Waals surface area contributed by atoms with Crippen LogP contribution >= 0.6 is 0 Å². The van der Waals surface area contributed by atoms with E-state index >= 15 is 0 Å². The van der Waals surface area contributed by atoms with Gasteiger partial charge in [0.1, 0.15) is 0 Å². The third kappa shape index (κ3) is 2.79. The topological polar surface area (TPSA) is 60.2 Å². The van der Waals surface area contributed by atoms with E-state index in [1.165, 1.54) is 0 Å². The van der Waals surface area contributed by atoms with Gasteiger partial charge in [-0.25, -0.2) is 5.01 Å². The summed E-state index contributed by atoms with van der Waals surface area (Å²) in [5.41, 5.74) is 9.70. The van der Waals surface area contributed by atoms with Gasteiger partial charge in [0.25, 0.3) is 5.91 Å². The maximum absolute atomic E-state index is 12.1. The van der Waals surface area contributed by atoms with E-state index in [4.69, 9.17) is 0 Å². The molecule has 0 saturated carbocycles. The van der Waals surface area contributed by atoms with Gasteiger partial charge in [0.2, 0.25) is 0 Å². The molecule has 5 heteroatoms. The van der Waals surface area contributed by atoms with Gasteiger partial charge < -0.3 is 0 Å². The third-order valence-electron chi connectivity index (χ3n) is 4.72. The summed E-state index contributed by atoms with van der Waals surface area (Å²) in [7, 11) is 0. The van der Waals surface area contributed by atoms with E-state index in [2.05, 4.69) is 21.5 Å². The number of rotatable bonds is 3. The predicted octanol–water partition coefficient (Wildman–Crippen LogP) is 4.20. The van der Waals surface area contributed by atoms with E-state index in [1.807, 2.05) is 66.9 Å². The summed E-state index contributed by atoms with van der Waals surface area (Å²) in [6.07, 6.45) is 6.93. The van der Waals surface area contributed by atoms with Gasteiger partial charge in [0.15, 0.2) is 0 Å². The molecule has 1 radical (unpaired) electrons. The minimum absolute atomic E-state index is 0.264. The number of hydrogen-bond acceptors (Lipinski definition) is 4. The van der Waals surface area contributed by atoms with E-state index in [0.717, 1.165) is 39.0 Å². The lowest BCUT2D eigenvalue weighted by Gasteiger charge is -2.20. The van der Waals surface area contributed by atoms with Crippen molar-refractivity contribution in [3.63, 3.8) is 0 Å². The number of carbonyl (C=O) groups is 1. The summed E-state index contributed by atoms with van der Waals surface area (Å²) in [6, 6.07) is 21.6. The van der Waals surface area contributed by atoms with E-state index < -0.39 is 0 Å². The minimum Gasteiger partial charge on any atom is -0.266 e. The summed E-state index contributed by atoms with van der Waals surface area (Å²) in [5.74, 6) is -0.264. The van der Waals surface area contributed by atoms with E-state index in [-0.39, 0.29) is 5.91 Å². The van der Waals surface area contributed by atoms with Crippen molar-refractivity contribution in [2.75, 3.05) is 5.01 Å². The zero-order valence-electron chi connectivity index (χ0n) is 14.9. The lowest BCUT2D eigenvalue weighted by Crippen LogP contribution is -2.27. The van der Waals surface area contributed by atoms with Gasteiger partial charge in [0.05, 0.1) is 16.9 Å². The fourth-order valence-corrected chi connectivity index (χ4v) is 3.42. The smallest absolute Gasteiger partial charge is 0.266 e. The first-order valence-corrected chi connectivity index (χ1v) is 8.92. The second kappa shape index (κ2) is 6.63. The Morgan fingerprint density at radius 2 is 1.61 bits per heavy atom. The number of amides is 1. The maximum Gasteiger partial charge on any atom is 0.288 e. The van der Waals surface area contributed by atoms with Crippen LogP contribution in [-0.2, 0) is 4.79 Å². The summed E-state index contributed by atoms with van der Waals surface area (Å²) >= 11 is 0. The van der Waals surface area contributed by atoms with E-state index in [9.17, 15) is 4.79 Å². The zero-order chi connectivity index (χ0) is 18.9. The first-order valence-electron chi connectivity index (χ1n) is 8.92. The van der Waals surface area contributed by atoms with Crippen LogP contribution in [0.5, 0.6) is 0 Å². The molecule has 2 aromatic heterocycles. The van der Waals surface area contributed by atoms with Crippen LogP contribution in [0.25, 0.3) is 27.7 Å². The largest absolute Gasteiger partial charge is 0.288 e. The maximum atomic E-state index is 12.1. The third-order valence-corrected chi connectivity index (χ3v) is 4.72. The van der Waals surface area contributed by atoms with Gasteiger partial charge in [-0.3, -0.25) is 14.8 Å². The molecule has 1 amide bonds. The highest BCUT2D eigenvalue weighted by molar-refractivity contribution is 6.06. The molecule has 1 aliphatic rings. The van der Waals surface area contributed by atoms with Crippen LogP contribution in [0.15, 0.2) is 91.4 Å². The Morgan fingerprint density at radius 3 is 2.43 bits per heavy atom. The quantitative estimate of drug-likeness (QED) is 0.547. The molecule has 4 aromatic rings. The van der Waals surface area contributed by atoms with Gasteiger partial charge in [-0.2, -0.15) is 0 Å². The van der Waals surface area contributed by atoms with Crippen molar-refractivity contribution < 1.29 is 4.79 Å². The van der Waals surface area contributed by atoms with Crippen molar-refractivity contribution in [1.82, 2.24) is 15.4 Å². The summed E-state index contributed by atoms with van der Waals surface area (Å²) in [6.45, 7) is 0. The SMILES string of the molecule is O=C1C=C(c2ccc3nccc(-c4ccncc4)c3c2)N(c2ccccc2)[N]1. The highest BCUT2D eigenvalue weighted by Crippen LogP contribution is 2.33. The number of nitrogens with zero attached hydrogens (tertiary/aromatic N) is 4. The molecule has 5 nitrogen and oxygen atoms in total. The van der Waals surface area contributed by atoms with Gasteiger partial charge in [0, 0.05) is 35.6 Å². The Hall–Kier alpha value is -3.99. The predicted molar refractivity (Wildman–Crippen MR) is 109 cm³/mol. The summed E-state index contributed by atoms with van der Waals surface area (Å²) in [4.78, 5) is 20.6. The average molecular weight is 363 g/mol. The minimum atomic E-state index is -0.264. The molecule has 0 N–H and O–H groups in total. The fourth-order valence-electron chi connectivity index (χ4n) is 3.42. The number of aromatic nitrogens is 2. The van der Waals surface area contributed by atoms with Crippen LogP contribution in [-0.4, -0.2) is 15.9 Å². The number of para-hydroxylation sites is 1. The lowest BCUT2D eigenvalue weighted by molar-refractivity contribution is -0.116. The van der Waals surface area contributed by atoms with Gasteiger partial charge >= 0.3 is 0 Å². The van der Waals surface area contributed by atoms with Crippen LogP contribution < -0.4 is 10.4 Å². The molecule has 3 heterocycles. The summed E-state index contributed by atoms with van der Waals surface area (Å²) in [5, 5.41) is 2.70. The highest BCUT2D eigenvalue weighted by atomic mass is 16.2. The number of carbonyl (C=O) groups excluding carboxylic acids is 1. The first-order chi connectivity index (χ1) is 13.8. The molecule has 0 bridgehead atoms. The molecule has 5 rings (SSSR count). The summed E-state index contributed by atoms with van der Waals surface area (Å²) < 4.78 is 0. The Balaban J connectivity index is 1.65. The van der Waals surface area contributed by atoms with Crippen LogP contribution in [0.4, 0.5) is 5.69 Å². The van der Waals surface area contributed by atoms with Crippen molar-refractivity contribution in [2.24, 2.45) is 0 Å². The molecule has 28 heavy (non-hydrogen) atoms. The average Bonchev–Trinajstić information content (AvgIpc) is 3.16. The Labute approximate surface area is 162 Å². The highest BCUT2D eigenvalue weighted by Gasteiger charge is 2.25. The molecule has 0 aliphatic carbocycles. The Kier molecular flexibility index (Phi) is 3.84. The lowest BCUT2D eigenvalue weighted by atomic mass is 9.99. The van der Waals surface area contributed by atoms with Gasteiger partial charge in [-0.1, -0.05) is 24.3 Å². The number of anilines is 1. The molecular formula is C23H15N4O. The molecule has 0 fully saturated rings. The van der Waals surface area contributed by atoms with Crippen molar-refractivity contribution in [2.45, 2.75) is 0 Å². The van der Waals surface area contributed by atoms with E-state index in [1.54, 1.807) is 23.5 Å². The molecule has 0 spiro atoms. The van der Waals surface area contributed by atoms with Crippen molar-refractivity contribution in [3.05, 3.63) is 97.0 Å². The molecule has 0 unspecified atom stereocenters. The molecule has 1 aliphatic heterocycles. The van der Waals surface area contributed by atoms with Gasteiger partial charge in [-0.15, -0.1) is 5.43 Å². The second-order valence-corrected chi connectivity index (χ2v) is 6.44.